The molecule has 0 saturated heterocycles. The summed E-state index contributed by atoms with van der Waals surface area (Å²) in [6.45, 7) is 1.90. The minimum absolute atomic E-state index is 0.674. The summed E-state index contributed by atoms with van der Waals surface area (Å²) in [5.41, 5.74) is 1.63. The first kappa shape index (κ1) is 8.92. The zero-order valence-corrected chi connectivity index (χ0v) is 8.39. The Labute approximate surface area is 85.4 Å². The van der Waals surface area contributed by atoms with Crippen LogP contribution in [0.25, 0.3) is 10.1 Å². The monoisotopic (exact) mass is 201 g/mol. The largest absolute Gasteiger partial charge is 0.297 e. The van der Waals surface area contributed by atoms with Crippen molar-refractivity contribution in [1.29, 1.82) is 5.26 Å². The molecule has 2 aromatic rings. The number of aryl methyl sites for hydroxylation is 1. The van der Waals surface area contributed by atoms with Crippen molar-refractivity contribution in [3.05, 3.63) is 34.2 Å². The van der Waals surface area contributed by atoms with Crippen LogP contribution in [-0.2, 0) is 0 Å². The number of rotatable bonds is 1. The van der Waals surface area contributed by atoms with Crippen molar-refractivity contribution in [3.63, 3.8) is 0 Å². The average molecular weight is 201 g/mol. The molecule has 1 aromatic carbocycles. The minimum Gasteiger partial charge on any atom is -0.297 e. The quantitative estimate of drug-likeness (QED) is 0.665. The predicted molar refractivity (Wildman–Crippen MR) is 56.7 cm³/mol. The molecule has 0 spiro atoms. The van der Waals surface area contributed by atoms with E-state index in [1.807, 2.05) is 19.1 Å². The second kappa shape index (κ2) is 3.24. The lowest BCUT2D eigenvalue weighted by Crippen LogP contribution is -1.80. The van der Waals surface area contributed by atoms with Crippen molar-refractivity contribution in [2.75, 3.05) is 0 Å². The molecule has 2 nitrogen and oxygen atoms in total. The number of nitrogens with zero attached hydrogens (tertiary/aromatic N) is 1. The normalized spacial score (nSPS) is 10.0. The molecular weight excluding hydrogens is 194 g/mol. The first-order valence-electron chi connectivity index (χ1n) is 4.14. The lowest BCUT2D eigenvalue weighted by molar-refractivity contribution is 0.112. The summed E-state index contributed by atoms with van der Waals surface area (Å²) in [6.07, 6.45) is 0.843. The molecule has 3 heteroatoms. The van der Waals surface area contributed by atoms with Gasteiger partial charge >= 0.3 is 0 Å². The Morgan fingerprint density at radius 2 is 2.29 bits per heavy atom. The van der Waals surface area contributed by atoms with Crippen LogP contribution in [0.4, 0.5) is 0 Å². The topological polar surface area (TPSA) is 40.9 Å². The number of nitriles is 1. The predicted octanol–water partition coefficient (Wildman–Crippen LogP) is 2.89. The van der Waals surface area contributed by atoms with Gasteiger partial charge in [-0.05, 0) is 36.1 Å². The number of hydrogen-bond donors (Lipinski definition) is 0. The second-order valence-electron chi connectivity index (χ2n) is 3.03. The molecular formula is C11H7NOS. The van der Waals surface area contributed by atoms with Gasteiger partial charge < -0.3 is 0 Å². The van der Waals surface area contributed by atoms with Gasteiger partial charge in [-0.25, -0.2) is 0 Å². The molecule has 0 atom stereocenters. The van der Waals surface area contributed by atoms with E-state index in [0.717, 1.165) is 21.9 Å². The fourth-order valence-electron chi connectivity index (χ4n) is 1.45. The first-order valence-corrected chi connectivity index (χ1v) is 4.96. The SMILES string of the molecule is Cc1c(C#N)ccc2sc(C=O)cc12. The third-order valence-corrected chi connectivity index (χ3v) is 3.25. The van der Waals surface area contributed by atoms with Gasteiger partial charge in [0.2, 0.25) is 0 Å². The van der Waals surface area contributed by atoms with E-state index >= 15 is 0 Å². The van der Waals surface area contributed by atoms with Crippen LogP contribution in [0.1, 0.15) is 20.8 Å². The molecule has 0 unspecified atom stereocenters. The van der Waals surface area contributed by atoms with Gasteiger partial charge in [0.1, 0.15) is 0 Å². The van der Waals surface area contributed by atoms with Crippen LogP contribution in [0.5, 0.6) is 0 Å². The Kier molecular flexibility index (Phi) is 2.06. The summed E-state index contributed by atoms with van der Waals surface area (Å²) < 4.78 is 1.06. The Morgan fingerprint density at radius 1 is 1.50 bits per heavy atom. The second-order valence-corrected chi connectivity index (χ2v) is 4.14. The van der Waals surface area contributed by atoms with Crippen LogP contribution in [-0.4, -0.2) is 6.29 Å². The van der Waals surface area contributed by atoms with Crippen molar-refractivity contribution >= 4 is 27.7 Å². The van der Waals surface area contributed by atoms with E-state index in [1.54, 1.807) is 6.07 Å². The van der Waals surface area contributed by atoms with Gasteiger partial charge in [0.05, 0.1) is 16.5 Å². The van der Waals surface area contributed by atoms with Gasteiger partial charge in [0.15, 0.2) is 6.29 Å². The lowest BCUT2D eigenvalue weighted by Gasteiger charge is -1.97. The molecule has 0 N–H and O–H groups in total. The summed E-state index contributed by atoms with van der Waals surface area (Å²) in [6, 6.07) is 7.65. The van der Waals surface area contributed by atoms with Gasteiger partial charge in [-0.1, -0.05) is 0 Å². The zero-order chi connectivity index (χ0) is 10.1. The maximum atomic E-state index is 10.6. The van der Waals surface area contributed by atoms with Crippen LogP contribution in [0.2, 0.25) is 0 Å². The maximum absolute atomic E-state index is 10.6. The fraction of sp³-hybridized carbons (Fsp3) is 0.0909. The van der Waals surface area contributed by atoms with Crippen LogP contribution in [0.3, 0.4) is 0 Å². The highest BCUT2D eigenvalue weighted by Crippen LogP contribution is 2.28. The highest BCUT2D eigenvalue weighted by atomic mass is 32.1. The number of fused-ring (bicyclic) bond motifs is 1. The van der Waals surface area contributed by atoms with Gasteiger partial charge in [-0.2, -0.15) is 5.26 Å². The Balaban J connectivity index is 2.83. The minimum atomic E-state index is 0.674. The highest BCUT2D eigenvalue weighted by Gasteiger charge is 2.06. The number of hydrogen-bond acceptors (Lipinski definition) is 3. The van der Waals surface area contributed by atoms with Gasteiger partial charge in [-0.3, -0.25) is 4.79 Å². The highest BCUT2D eigenvalue weighted by molar-refractivity contribution is 7.20. The van der Waals surface area contributed by atoms with Gasteiger partial charge in [0.25, 0.3) is 0 Å². The van der Waals surface area contributed by atoms with E-state index in [1.165, 1.54) is 11.3 Å². The fourth-order valence-corrected chi connectivity index (χ4v) is 2.39. The summed E-state index contributed by atoms with van der Waals surface area (Å²) in [4.78, 5) is 11.3. The van der Waals surface area contributed by atoms with Crippen LogP contribution in [0, 0.1) is 18.3 Å². The summed E-state index contributed by atoms with van der Waals surface area (Å²) in [5, 5.41) is 9.84. The first-order chi connectivity index (χ1) is 6.76. The van der Waals surface area contributed by atoms with E-state index in [-0.39, 0.29) is 0 Å². The van der Waals surface area contributed by atoms with Crippen molar-refractivity contribution in [3.8, 4) is 6.07 Å². The molecule has 0 saturated carbocycles. The lowest BCUT2D eigenvalue weighted by atomic mass is 10.1. The molecule has 0 amide bonds. The molecule has 2 rings (SSSR count). The molecule has 1 heterocycles. The Bertz CT molecular complexity index is 548. The van der Waals surface area contributed by atoms with Crippen LogP contribution >= 0.6 is 11.3 Å². The molecule has 1 aromatic heterocycles. The number of aldehydes is 1. The smallest absolute Gasteiger partial charge is 0.160 e. The van der Waals surface area contributed by atoms with Crippen molar-refractivity contribution in [2.24, 2.45) is 0 Å². The van der Waals surface area contributed by atoms with Crippen LogP contribution in [0.15, 0.2) is 18.2 Å². The van der Waals surface area contributed by atoms with Crippen LogP contribution < -0.4 is 0 Å². The van der Waals surface area contributed by atoms with Crippen molar-refractivity contribution < 1.29 is 4.79 Å². The molecule has 0 bridgehead atoms. The molecule has 0 aliphatic carbocycles. The van der Waals surface area contributed by atoms with Gasteiger partial charge in [-0.15, -0.1) is 11.3 Å². The third kappa shape index (κ3) is 1.21. The maximum Gasteiger partial charge on any atom is 0.160 e. The summed E-state index contributed by atoms with van der Waals surface area (Å²) >= 11 is 1.45. The molecule has 0 aliphatic heterocycles. The molecule has 0 aliphatic rings. The van der Waals surface area contributed by atoms with Crippen molar-refractivity contribution in [2.45, 2.75) is 6.92 Å². The van der Waals surface area contributed by atoms with E-state index in [0.29, 0.717) is 10.4 Å². The summed E-state index contributed by atoms with van der Waals surface area (Å²) in [5.74, 6) is 0. The third-order valence-electron chi connectivity index (χ3n) is 2.23. The number of benzene rings is 1. The Hall–Kier alpha value is -1.66. The zero-order valence-electron chi connectivity index (χ0n) is 7.57. The standard InChI is InChI=1S/C11H7NOS/c1-7-8(5-12)2-3-11-10(7)4-9(6-13)14-11/h2-4,6H,1H3. The Morgan fingerprint density at radius 3 is 2.93 bits per heavy atom. The molecule has 14 heavy (non-hydrogen) atoms. The number of carbonyl (C=O) groups is 1. The summed E-state index contributed by atoms with van der Waals surface area (Å²) in [7, 11) is 0. The van der Waals surface area contributed by atoms with Gasteiger partial charge in [0, 0.05) is 4.70 Å². The number of carbonyl (C=O) groups excluding carboxylic acids is 1. The van der Waals surface area contributed by atoms with E-state index in [2.05, 4.69) is 6.07 Å². The molecule has 0 radical (unpaired) electrons. The van der Waals surface area contributed by atoms with E-state index in [9.17, 15) is 4.79 Å². The number of thiophene rings is 1. The average Bonchev–Trinajstić information content (AvgIpc) is 2.62. The van der Waals surface area contributed by atoms with Crippen molar-refractivity contribution in [1.82, 2.24) is 0 Å². The molecule has 0 fully saturated rings. The molecule has 68 valence electrons. The van der Waals surface area contributed by atoms with E-state index < -0.39 is 0 Å². The van der Waals surface area contributed by atoms with E-state index in [4.69, 9.17) is 5.26 Å².